The van der Waals surface area contributed by atoms with Crippen LogP contribution in [0, 0.1) is 5.92 Å². The average molecular weight is 342 g/mol. The summed E-state index contributed by atoms with van der Waals surface area (Å²) in [5, 5.41) is 19.9. The standard InChI is InChI=1S/C18H22N4O3/c23-16(24)10-22(9-11-4-5-11)14-6-13(7-14)20-18(25)15-3-1-2-12-8-19-21-17(12)15/h1-3,8,11,13-14H,4-7,9-10H2,(H,19,21)(H,20,25)(H,23,24). The number of carboxylic acids is 1. The van der Waals surface area contributed by atoms with Crippen molar-refractivity contribution >= 4 is 22.8 Å². The highest BCUT2D eigenvalue weighted by Gasteiger charge is 2.37. The van der Waals surface area contributed by atoms with Gasteiger partial charge in [-0.15, -0.1) is 0 Å². The smallest absolute Gasteiger partial charge is 0.317 e. The van der Waals surface area contributed by atoms with E-state index < -0.39 is 5.97 Å². The highest BCUT2D eigenvalue weighted by molar-refractivity contribution is 6.05. The van der Waals surface area contributed by atoms with Crippen molar-refractivity contribution in [1.29, 1.82) is 0 Å². The maximum Gasteiger partial charge on any atom is 0.317 e. The number of carbonyl (C=O) groups is 2. The number of hydrogen-bond acceptors (Lipinski definition) is 4. The van der Waals surface area contributed by atoms with E-state index in [1.807, 2.05) is 12.1 Å². The van der Waals surface area contributed by atoms with Gasteiger partial charge in [-0.3, -0.25) is 19.6 Å². The largest absolute Gasteiger partial charge is 0.480 e. The molecule has 0 bridgehead atoms. The highest BCUT2D eigenvalue weighted by Crippen LogP contribution is 2.34. The minimum atomic E-state index is -0.779. The van der Waals surface area contributed by atoms with Crippen LogP contribution >= 0.6 is 0 Å². The summed E-state index contributed by atoms with van der Waals surface area (Å²) in [6, 6.07) is 5.91. The predicted octanol–water partition coefficient (Wildman–Crippen LogP) is 1.62. The number of fused-ring (bicyclic) bond motifs is 1. The summed E-state index contributed by atoms with van der Waals surface area (Å²) in [4.78, 5) is 25.7. The molecule has 0 spiro atoms. The number of rotatable bonds is 7. The fourth-order valence-electron chi connectivity index (χ4n) is 3.57. The molecule has 3 N–H and O–H groups in total. The van der Waals surface area contributed by atoms with Crippen LogP contribution in [0.3, 0.4) is 0 Å². The van der Waals surface area contributed by atoms with Gasteiger partial charge in [0.15, 0.2) is 0 Å². The Kier molecular flexibility index (Phi) is 4.17. The summed E-state index contributed by atoms with van der Waals surface area (Å²) < 4.78 is 0. The van der Waals surface area contributed by atoms with E-state index in [1.165, 1.54) is 12.8 Å². The van der Waals surface area contributed by atoms with Crippen LogP contribution in [-0.2, 0) is 4.79 Å². The van der Waals surface area contributed by atoms with E-state index in [0.717, 1.165) is 30.3 Å². The van der Waals surface area contributed by atoms with E-state index in [1.54, 1.807) is 12.3 Å². The van der Waals surface area contributed by atoms with Crippen LogP contribution < -0.4 is 5.32 Å². The summed E-state index contributed by atoms with van der Waals surface area (Å²) in [7, 11) is 0. The van der Waals surface area contributed by atoms with E-state index in [4.69, 9.17) is 5.11 Å². The second-order valence-electron chi connectivity index (χ2n) is 7.20. The van der Waals surface area contributed by atoms with Crippen LogP contribution in [0.4, 0.5) is 0 Å². The minimum Gasteiger partial charge on any atom is -0.480 e. The zero-order valence-electron chi connectivity index (χ0n) is 13.9. The van der Waals surface area contributed by atoms with Gasteiger partial charge in [0.25, 0.3) is 5.91 Å². The molecule has 7 heteroatoms. The Hall–Kier alpha value is -2.41. The number of aromatic nitrogens is 2. The van der Waals surface area contributed by atoms with Gasteiger partial charge in [-0.05, 0) is 37.7 Å². The Balaban J connectivity index is 1.34. The molecule has 1 amide bonds. The molecule has 1 heterocycles. The second kappa shape index (κ2) is 6.48. The second-order valence-corrected chi connectivity index (χ2v) is 7.20. The minimum absolute atomic E-state index is 0.0925. The quantitative estimate of drug-likeness (QED) is 0.710. The molecular weight excluding hydrogens is 320 g/mol. The Bertz CT molecular complexity index is 792. The summed E-state index contributed by atoms with van der Waals surface area (Å²) in [6.07, 6.45) is 5.73. The molecule has 132 valence electrons. The highest BCUT2D eigenvalue weighted by atomic mass is 16.4. The molecular formula is C18H22N4O3. The maximum atomic E-state index is 12.5. The van der Waals surface area contributed by atoms with Crippen LogP contribution in [0.2, 0.25) is 0 Å². The van der Waals surface area contributed by atoms with Gasteiger partial charge in [-0.25, -0.2) is 0 Å². The SMILES string of the molecule is O=C(O)CN(CC1CC1)C1CC(NC(=O)c2cccc3cn[nH]c23)C1. The molecule has 2 aromatic rings. The number of hydrogen-bond donors (Lipinski definition) is 3. The number of nitrogens with one attached hydrogen (secondary N) is 2. The third-order valence-electron chi connectivity index (χ3n) is 5.21. The van der Waals surface area contributed by atoms with Crippen molar-refractivity contribution in [2.45, 2.75) is 37.8 Å². The number of amides is 1. The van der Waals surface area contributed by atoms with Crippen molar-refractivity contribution in [2.24, 2.45) is 5.92 Å². The third kappa shape index (κ3) is 3.51. The third-order valence-corrected chi connectivity index (χ3v) is 5.21. The zero-order valence-corrected chi connectivity index (χ0v) is 13.9. The van der Waals surface area contributed by atoms with E-state index in [0.29, 0.717) is 11.5 Å². The number of aromatic amines is 1. The Labute approximate surface area is 145 Å². The van der Waals surface area contributed by atoms with E-state index in [-0.39, 0.29) is 24.5 Å². The van der Waals surface area contributed by atoms with Gasteiger partial charge in [0.05, 0.1) is 23.8 Å². The first kappa shape index (κ1) is 16.1. The van der Waals surface area contributed by atoms with Crippen LogP contribution in [0.5, 0.6) is 0 Å². The molecule has 2 fully saturated rings. The molecule has 0 radical (unpaired) electrons. The Morgan fingerprint density at radius 3 is 2.84 bits per heavy atom. The van der Waals surface area contributed by atoms with Crippen molar-refractivity contribution in [3.63, 3.8) is 0 Å². The first-order valence-electron chi connectivity index (χ1n) is 8.79. The topological polar surface area (TPSA) is 98.3 Å². The Morgan fingerprint density at radius 1 is 1.32 bits per heavy atom. The Morgan fingerprint density at radius 2 is 2.12 bits per heavy atom. The molecule has 0 atom stereocenters. The van der Waals surface area contributed by atoms with Gasteiger partial charge in [-0.1, -0.05) is 12.1 Å². The number of aliphatic carboxylic acids is 1. The van der Waals surface area contributed by atoms with Crippen molar-refractivity contribution in [3.8, 4) is 0 Å². The lowest BCUT2D eigenvalue weighted by molar-refractivity contribution is -0.139. The van der Waals surface area contributed by atoms with Gasteiger partial charge in [0.1, 0.15) is 0 Å². The van der Waals surface area contributed by atoms with Crippen molar-refractivity contribution in [1.82, 2.24) is 20.4 Å². The fraction of sp³-hybridized carbons (Fsp3) is 0.500. The van der Waals surface area contributed by atoms with E-state index in [2.05, 4.69) is 20.4 Å². The van der Waals surface area contributed by atoms with Crippen LogP contribution in [0.25, 0.3) is 10.9 Å². The van der Waals surface area contributed by atoms with Gasteiger partial charge in [0.2, 0.25) is 0 Å². The van der Waals surface area contributed by atoms with Crippen LogP contribution in [-0.4, -0.2) is 57.3 Å². The van der Waals surface area contributed by atoms with Gasteiger partial charge >= 0.3 is 5.97 Å². The lowest BCUT2D eigenvalue weighted by Crippen LogP contribution is -2.55. The fourth-order valence-corrected chi connectivity index (χ4v) is 3.57. The number of benzene rings is 1. The molecule has 2 aliphatic carbocycles. The summed E-state index contributed by atoms with van der Waals surface area (Å²) >= 11 is 0. The number of carboxylic acid groups (broad SMARTS) is 1. The van der Waals surface area contributed by atoms with E-state index >= 15 is 0 Å². The molecule has 25 heavy (non-hydrogen) atoms. The van der Waals surface area contributed by atoms with Crippen molar-refractivity contribution < 1.29 is 14.7 Å². The van der Waals surface area contributed by atoms with E-state index in [9.17, 15) is 9.59 Å². The van der Waals surface area contributed by atoms with Crippen molar-refractivity contribution in [2.75, 3.05) is 13.1 Å². The monoisotopic (exact) mass is 342 g/mol. The maximum absolute atomic E-state index is 12.5. The van der Waals surface area contributed by atoms with Gasteiger partial charge in [0, 0.05) is 24.0 Å². The lowest BCUT2D eigenvalue weighted by Gasteiger charge is -2.42. The molecule has 0 unspecified atom stereocenters. The van der Waals surface area contributed by atoms with Crippen LogP contribution in [0.1, 0.15) is 36.0 Å². The number of carbonyl (C=O) groups excluding carboxylic acids is 1. The normalized spacial score (nSPS) is 22.8. The summed E-state index contributed by atoms with van der Waals surface area (Å²) in [6.45, 7) is 0.959. The number of H-pyrrole nitrogens is 1. The number of nitrogens with zero attached hydrogens (tertiary/aromatic N) is 2. The van der Waals surface area contributed by atoms with Crippen molar-refractivity contribution in [3.05, 3.63) is 30.0 Å². The van der Waals surface area contributed by atoms with Gasteiger partial charge in [-0.2, -0.15) is 5.10 Å². The summed E-state index contributed by atoms with van der Waals surface area (Å²) in [5.74, 6) is -0.227. The number of para-hydroxylation sites is 1. The molecule has 4 rings (SSSR count). The molecule has 0 aliphatic heterocycles. The first-order valence-corrected chi connectivity index (χ1v) is 8.79. The van der Waals surface area contributed by atoms with Gasteiger partial charge < -0.3 is 10.4 Å². The predicted molar refractivity (Wildman–Crippen MR) is 92.3 cm³/mol. The van der Waals surface area contributed by atoms with Crippen LogP contribution in [0.15, 0.2) is 24.4 Å². The molecule has 2 aliphatic rings. The first-order chi connectivity index (χ1) is 12.1. The lowest BCUT2D eigenvalue weighted by atomic mass is 9.85. The molecule has 7 nitrogen and oxygen atoms in total. The molecule has 1 aromatic carbocycles. The zero-order chi connectivity index (χ0) is 17.4. The molecule has 1 aromatic heterocycles. The molecule has 2 saturated carbocycles. The average Bonchev–Trinajstić information content (AvgIpc) is 3.21. The summed E-state index contributed by atoms with van der Waals surface area (Å²) in [5.41, 5.74) is 1.34. The molecule has 0 saturated heterocycles.